The van der Waals surface area contributed by atoms with E-state index < -0.39 is 0 Å². The van der Waals surface area contributed by atoms with Crippen molar-refractivity contribution in [2.75, 3.05) is 37.7 Å². The summed E-state index contributed by atoms with van der Waals surface area (Å²) >= 11 is 1.66. The fourth-order valence-electron chi connectivity index (χ4n) is 3.31. The van der Waals surface area contributed by atoms with Gasteiger partial charge >= 0.3 is 0 Å². The monoisotopic (exact) mass is 347 g/mol. The lowest BCUT2D eigenvalue weighted by Gasteiger charge is -2.34. The van der Waals surface area contributed by atoms with Crippen molar-refractivity contribution < 1.29 is 9.53 Å². The molecule has 0 aliphatic carbocycles. The number of carbonyl (C=O) groups is 1. The minimum Gasteiger partial charge on any atom is -0.377 e. The van der Waals surface area contributed by atoms with E-state index in [1.165, 1.54) is 12.8 Å². The largest absolute Gasteiger partial charge is 0.377 e. The molecule has 0 bridgehead atoms. The van der Waals surface area contributed by atoms with Crippen LogP contribution in [0.3, 0.4) is 0 Å². The topological polar surface area (TPSA) is 63.5 Å². The van der Waals surface area contributed by atoms with Crippen LogP contribution >= 0.6 is 11.3 Å². The minimum atomic E-state index is -0.131. The molecule has 24 heavy (non-hydrogen) atoms. The Morgan fingerprint density at radius 1 is 1.33 bits per heavy atom. The molecule has 7 nitrogen and oxygen atoms in total. The average molecular weight is 347 g/mol. The van der Waals surface area contributed by atoms with Crippen LogP contribution in [0, 0.1) is 0 Å². The predicted octanol–water partition coefficient (Wildman–Crippen LogP) is 1.69. The van der Waals surface area contributed by atoms with Crippen molar-refractivity contribution in [1.82, 2.24) is 19.7 Å². The van der Waals surface area contributed by atoms with Gasteiger partial charge in [-0.3, -0.25) is 9.48 Å². The first-order valence-electron chi connectivity index (χ1n) is 8.31. The number of amides is 1. The Kier molecular flexibility index (Phi) is 4.24. The molecule has 0 N–H and O–H groups in total. The first kappa shape index (κ1) is 15.6. The summed E-state index contributed by atoms with van der Waals surface area (Å²) in [4.78, 5) is 21.9. The van der Waals surface area contributed by atoms with Crippen molar-refractivity contribution >= 4 is 22.4 Å². The van der Waals surface area contributed by atoms with Crippen molar-refractivity contribution in [2.45, 2.75) is 18.9 Å². The van der Waals surface area contributed by atoms with Gasteiger partial charge in [-0.25, -0.2) is 4.98 Å². The Labute approximate surface area is 144 Å². The maximum absolute atomic E-state index is 12.9. The number of carbonyl (C=O) groups excluding carboxylic acids is 1. The normalized spacial score (nSPS) is 21.5. The Hall–Kier alpha value is -1.93. The number of hydrogen-bond acceptors (Lipinski definition) is 6. The lowest BCUT2D eigenvalue weighted by Crippen LogP contribution is -2.44. The molecule has 2 saturated heterocycles. The first-order chi connectivity index (χ1) is 11.7. The second kappa shape index (κ2) is 6.52. The first-order valence-corrected chi connectivity index (χ1v) is 9.19. The molecule has 0 saturated carbocycles. The SMILES string of the molecule is Cn1nccc1C(=O)N1CCOCC1c1csc(N2CCCC2)n1. The van der Waals surface area contributed by atoms with Crippen molar-refractivity contribution in [2.24, 2.45) is 7.05 Å². The molecular formula is C16H21N5O2S. The number of hydrogen-bond donors (Lipinski definition) is 0. The van der Waals surface area contributed by atoms with E-state index >= 15 is 0 Å². The summed E-state index contributed by atoms with van der Waals surface area (Å²) in [5, 5.41) is 7.23. The van der Waals surface area contributed by atoms with Crippen molar-refractivity contribution in [1.29, 1.82) is 0 Å². The van der Waals surface area contributed by atoms with Gasteiger partial charge in [0, 0.05) is 38.3 Å². The standard InChI is InChI=1S/C16H21N5O2S/c1-19-13(4-5-17-19)15(22)21-8-9-23-10-14(21)12-11-24-16(18-12)20-6-2-3-7-20/h4-5,11,14H,2-3,6-10H2,1H3. The number of aryl methyl sites for hydroxylation is 1. The van der Waals surface area contributed by atoms with E-state index in [2.05, 4.69) is 15.4 Å². The lowest BCUT2D eigenvalue weighted by atomic mass is 10.1. The molecule has 2 aromatic rings. The molecule has 8 heteroatoms. The number of rotatable bonds is 3. The van der Waals surface area contributed by atoms with Gasteiger partial charge in [0.2, 0.25) is 0 Å². The molecule has 2 aromatic heterocycles. The summed E-state index contributed by atoms with van der Waals surface area (Å²) in [5.74, 6) is -0.0148. The molecule has 2 aliphatic heterocycles. The molecule has 4 rings (SSSR count). The number of aromatic nitrogens is 3. The molecular weight excluding hydrogens is 326 g/mol. The van der Waals surface area contributed by atoms with E-state index in [4.69, 9.17) is 9.72 Å². The van der Waals surface area contributed by atoms with Crippen LogP contribution in [0.1, 0.15) is 35.1 Å². The predicted molar refractivity (Wildman–Crippen MR) is 91.4 cm³/mol. The molecule has 0 spiro atoms. The number of morpholine rings is 1. The highest BCUT2D eigenvalue weighted by Crippen LogP contribution is 2.31. The van der Waals surface area contributed by atoms with Crippen LogP contribution in [0.4, 0.5) is 5.13 Å². The minimum absolute atomic E-state index is 0.0148. The van der Waals surface area contributed by atoms with Gasteiger partial charge in [-0.15, -0.1) is 11.3 Å². The van der Waals surface area contributed by atoms with Gasteiger partial charge in [0.15, 0.2) is 5.13 Å². The van der Waals surface area contributed by atoms with Crippen LogP contribution in [0.15, 0.2) is 17.6 Å². The van der Waals surface area contributed by atoms with Gasteiger partial charge in [-0.05, 0) is 18.9 Å². The number of thiazole rings is 1. The fourth-order valence-corrected chi connectivity index (χ4v) is 4.23. The summed E-state index contributed by atoms with van der Waals surface area (Å²) in [7, 11) is 1.79. The molecule has 128 valence electrons. The van der Waals surface area contributed by atoms with Gasteiger partial charge < -0.3 is 14.5 Å². The van der Waals surface area contributed by atoms with Crippen LogP contribution in [0.5, 0.6) is 0 Å². The van der Waals surface area contributed by atoms with Crippen LogP contribution < -0.4 is 4.90 Å². The number of nitrogens with zero attached hydrogens (tertiary/aromatic N) is 5. The van der Waals surface area contributed by atoms with Crippen molar-refractivity contribution in [3.05, 3.63) is 29.0 Å². The zero-order valence-corrected chi connectivity index (χ0v) is 14.5. The second-order valence-electron chi connectivity index (χ2n) is 6.18. The molecule has 0 aromatic carbocycles. The van der Waals surface area contributed by atoms with E-state index in [1.54, 1.807) is 35.3 Å². The van der Waals surface area contributed by atoms with E-state index in [0.717, 1.165) is 23.9 Å². The van der Waals surface area contributed by atoms with Gasteiger partial charge in [0.1, 0.15) is 5.69 Å². The Morgan fingerprint density at radius 3 is 2.92 bits per heavy atom. The lowest BCUT2D eigenvalue weighted by molar-refractivity contribution is -0.00428. The van der Waals surface area contributed by atoms with Crippen LogP contribution in [-0.4, -0.2) is 58.4 Å². The molecule has 1 unspecified atom stereocenters. The second-order valence-corrected chi connectivity index (χ2v) is 7.01. The van der Waals surface area contributed by atoms with E-state index in [-0.39, 0.29) is 11.9 Å². The van der Waals surface area contributed by atoms with Crippen molar-refractivity contribution in [3.63, 3.8) is 0 Å². The summed E-state index contributed by atoms with van der Waals surface area (Å²) < 4.78 is 7.25. The molecule has 2 fully saturated rings. The highest BCUT2D eigenvalue weighted by Gasteiger charge is 2.32. The van der Waals surface area contributed by atoms with Crippen molar-refractivity contribution in [3.8, 4) is 0 Å². The third-order valence-electron chi connectivity index (χ3n) is 4.66. The Morgan fingerprint density at radius 2 is 2.17 bits per heavy atom. The molecule has 0 radical (unpaired) electrons. The van der Waals surface area contributed by atoms with Crippen LogP contribution in [-0.2, 0) is 11.8 Å². The third-order valence-corrected chi connectivity index (χ3v) is 5.58. The van der Waals surface area contributed by atoms with Gasteiger partial charge in [0.25, 0.3) is 5.91 Å². The highest BCUT2D eigenvalue weighted by atomic mass is 32.1. The molecule has 2 aliphatic rings. The average Bonchev–Trinajstić information content (AvgIpc) is 3.35. The third kappa shape index (κ3) is 2.80. The Balaban J connectivity index is 1.58. The molecule has 1 amide bonds. The van der Waals surface area contributed by atoms with E-state index in [1.807, 2.05) is 4.90 Å². The van der Waals surface area contributed by atoms with Crippen LogP contribution in [0.25, 0.3) is 0 Å². The Bertz CT molecular complexity index is 722. The quantitative estimate of drug-likeness (QED) is 0.845. The smallest absolute Gasteiger partial charge is 0.272 e. The number of ether oxygens (including phenoxy) is 1. The highest BCUT2D eigenvalue weighted by molar-refractivity contribution is 7.13. The maximum Gasteiger partial charge on any atom is 0.272 e. The summed E-state index contributed by atoms with van der Waals surface area (Å²) in [6.07, 6.45) is 4.11. The van der Waals surface area contributed by atoms with E-state index in [9.17, 15) is 4.79 Å². The van der Waals surface area contributed by atoms with Crippen LogP contribution in [0.2, 0.25) is 0 Å². The number of anilines is 1. The van der Waals surface area contributed by atoms with Gasteiger partial charge in [0.05, 0.1) is 24.9 Å². The van der Waals surface area contributed by atoms with Gasteiger partial charge in [-0.1, -0.05) is 0 Å². The molecule has 1 atom stereocenters. The summed E-state index contributed by atoms with van der Waals surface area (Å²) in [6.45, 7) is 3.78. The summed E-state index contributed by atoms with van der Waals surface area (Å²) in [6, 6.07) is 1.62. The maximum atomic E-state index is 12.9. The molecule has 4 heterocycles. The summed E-state index contributed by atoms with van der Waals surface area (Å²) in [5.41, 5.74) is 1.52. The van der Waals surface area contributed by atoms with E-state index in [0.29, 0.717) is 25.5 Å². The zero-order valence-electron chi connectivity index (χ0n) is 13.7. The fraction of sp³-hybridized carbons (Fsp3) is 0.562. The zero-order chi connectivity index (χ0) is 16.5. The van der Waals surface area contributed by atoms with Gasteiger partial charge in [-0.2, -0.15) is 5.10 Å².